The summed E-state index contributed by atoms with van der Waals surface area (Å²) in [7, 11) is 1.76. The van der Waals surface area contributed by atoms with Crippen LogP contribution in [0.2, 0.25) is 0 Å². The van der Waals surface area contributed by atoms with Gasteiger partial charge in [0.1, 0.15) is 0 Å². The van der Waals surface area contributed by atoms with E-state index in [-0.39, 0.29) is 36.0 Å². The minimum absolute atomic E-state index is 0. The van der Waals surface area contributed by atoms with Crippen molar-refractivity contribution in [1.29, 1.82) is 0 Å². The molecule has 2 aliphatic rings. The molecule has 1 aliphatic carbocycles. The lowest BCUT2D eigenvalue weighted by atomic mass is 9.55. The van der Waals surface area contributed by atoms with Gasteiger partial charge in [0.2, 0.25) is 0 Å². The summed E-state index contributed by atoms with van der Waals surface area (Å²) in [4.78, 5) is 4.19. The lowest BCUT2D eigenvalue weighted by molar-refractivity contribution is -0.188. The summed E-state index contributed by atoms with van der Waals surface area (Å²) in [6.45, 7) is 6.03. The first-order chi connectivity index (χ1) is 8.61. The average Bonchev–Trinajstić information content (AvgIpc) is 2.39. The van der Waals surface area contributed by atoms with Crippen molar-refractivity contribution >= 4 is 29.9 Å². The molecule has 19 heavy (non-hydrogen) atoms. The molecule has 5 nitrogen and oxygen atoms in total. The molecular formula is C13H26IN3O2. The number of nitrogens with zero attached hydrogens (tertiary/aromatic N) is 1. The number of rotatable bonds is 3. The molecule has 1 heterocycles. The quantitative estimate of drug-likeness (QED) is 0.386. The smallest absolute Gasteiger partial charge is 0.191 e. The third-order valence-corrected chi connectivity index (χ3v) is 4.25. The third-order valence-electron chi connectivity index (χ3n) is 4.25. The molecule has 0 aromatic heterocycles. The second-order valence-corrected chi connectivity index (χ2v) is 5.76. The van der Waals surface area contributed by atoms with Crippen molar-refractivity contribution in [3.05, 3.63) is 0 Å². The molecule has 2 rings (SSSR count). The SMILES string of the molecule is CN=C(NCCO)NC1C2CCCOC2C1(C)C.I. The summed E-state index contributed by atoms with van der Waals surface area (Å²) in [5.41, 5.74) is 0.141. The molecule has 1 saturated heterocycles. The molecule has 0 bridgehead atoms. The number of guanidine groups is 1. The Hall–Kier alpha value is -0.0800. The zero-order valence-corrected chi connectivity index (χ0v) is 14.3. The van der Waals surface area contributed by atoms with Gasteiger partial charge in [-0.3, -0.25) is 4.99 Å². The molecular weight excluding hydrogens is 357 g/mol. The first-order valence-corrected chi connectivity index (χ1v) is 6.81. The number of hydrogen-bond donors (Lipinski definition) is 3. The molecule has 0 radical (unpaired) electrons. The molecule has 1 saturated carbocycles. The maximum atomic E-state index is 8.84. The van der Waals surface area contributed by atoms with E-state index < -0.39 is 0 Å². The van der Waals surface area contributed by atoms with Crippen LogP contribution in [0.25, 0.3) is 0 Å². The van der Waals surface area contributed by atoms with Crippen molar-refractivity contribution in [2.45, 2.75) is 38.8 Å². The number of aliphatic hydroxyl groups is 1. The minimum Gasteiger partial charge on any atom is -0.395 e. The lowest BCUT2D eigenvalue weighted by Crippen LogP contribution is -2.71. The summed E-state index contributed by atoms with van der Waals surface area (Å²) in [5, 5.41) is 15.4. The molecule has 0 spiro atoms. The van der Waals surface area contributed by atoms with Crippen molar-refractivity contribution < 1.29 is 9.84 Å². The Bertz CT molecular complexity index is 323. The fourth-order valence-corrected chi connectivity index (χ4v) is 3.33. The van der Waals surface area contributed by atoms with Crippen LogP contribution < -0.4 is 10.6 Å². The molecule has 6 heteroatoms. The average molecular weight is 383 g/mol. The van der Waals surface area contributed by atoms with E-state index in [1.165, 1.54) is 6.42 Å². The monoisotopic (exact) mass is 383 g/mol. The van der Waals surface area contributed by atoms with Gasteiger partial charge in [0, 0.05) is 37.6 Å². The fourth-order valence-electron chi connectivity index (χ4n) is 3.33. The van der Waals surface area contributed by atoms with Gasteiger partial charge in [0.05, 0.1) is 12.7 Å². The Labute approximate surface area is 132 Å². The van der Waals surface area contributed by atoms with Crippen LogP contribution in [0.15, 0.2) is 4.99 Å². The van der Waals surface area contributed by atoms with Gasteiger partial charge >= 0.3 is 0 Å². The standard InChI is InChI=1S/C13H25N3O2.HI/c1-13(2)10(9-5-4-8-18-11(9)13)16-12(14-3)15-6-7-17;/h9-11,17H,4-8H2,1-3H3,(H2,14,15,16);1H. The van der Waals surface area contributed by atoms with E-state index in [2.05, 4.69) is 29.5 Å². The Morgan fingerprint density at radius 1 is 1.47 bits per heavy atom. The second kappa shape index (κ2) is 7.08. The molecule has 0 amide bonds. The van der Waals surface area contributed by atoms with Gasteiger partial charge in [-0.2, -0.15) is 0 Å². The lowest BCUT2D eigenvalue weighted by Gasteiger charge is -2.60. The minimum atomic E-state index is 0. The molecule has 1 aliphatic heterocycles. The topological polar surface area (TPSA) is 65.9 Å². The van der Waals surface area contributed by atoms with Crippen molar-refractivity contribution in [3.63, 3.8) is 0 Å². The summed E-state index contributed by atoms with van der Waals surface area (Å²) in [6.07, 6.45) is 2.75. The number of ether oxygens (including phenoxy) is 1. The molecule has 0 aromatic carbocycles. The summed E-state index contributed by atoms with van der Waals surface area (Å²) < 4.78 is 5.88. The molecule has 3 N–H and O–H groups in total. The summed E-state index contributed by atoms with van der Waals surface area (Å²) in [5.74, 6) is 1.35. The Kier molecular flexibility index (Phi) is 6.32. The van der Waals surface area contributed by atoms with Gasteiger partial charge in [-0.05, 0) is 12.8 Å². The zero-order chi connectivity index (χ0) is 13.2. The highest BCUT2D eigenvalue weighted by Gasteiger charge is 2.58. The van der Waals surface area contributed by atoms with Crippen LogP contribution in [-0.4, -0.2) is 50.0 Å². The van der Waals surface area contributed by atoms with Crippen molar-refractivity contribution in [2.24, 2.45) is 16.3 Å². The van der Waals surface area contributed by atoms with Crippen molar-refractivity contribution in [1.82, 2.24) is 10.6 Å². The van der Waals surface area contributed by atoms with E-state index in [0.717, 1.165) is 19.0 Å². The number of halogens is 1. The first-order valence-electron chi connectivity index (χ1n) is 6.81. The van der Waals surface area contributed by atoms with Crippen LogP contribution in [0.5, 0.6) is 0 Å². The maximum Gasteiger partial charge on any atom is 0.191 e. The van der Waals surface area contributed by atoms with Gasteiger partial charge in [-0.15, -0.1) is 24.0 Å². The number of hydrogen-bond acceptors (Lipinski definition) is 3. The van der Waals surface area contributed by atoms with Gasteiger partial charge in [0.25, 0.3) is 0 Å². The van der Waals surface area contributed by atoms with E-state index in [9.17, 15) is 0 Å². The Balaban J connectivity index is 0.00000180. The van der Waals surface area contributed by atoms with E-state index in [4.69, 9.17) is 9.84 Å². The largest absolute Gasteiger partial charge is 0.395 e. The highest BCUT2D eigenvalue weighted by atomic mass is 127. The number of aliphatic hydroxyl groups excluding tert-OH is 1. The zero-order valence-electron chi connectivity index (χ0n) is 12.0. The van der Waals surface area contributed by atoms with Crippen molar-refractivity contribution in [3.8, 4) is 0 Å². The second-order valence-electron chi connectivity index (χ2n) is 5.76. The van der Waals surface area contributed by atoms with Gasteiger partial charge in [0.15, 0.2) is 5.96 Å². The number of aliphatic imine (C=N–C) groups is 1. The molecule has 2 fully saturated rings. The predicted molar refractivity (Wildman–Crippen MR) is 87.0 cm³/mol. The van der Waals surface area contributed by atoms with Crippen LogP contribution in [0.4, 0.5) is 0 Å². The van der Waals surface area contributed by atoms with E-state index in [1.807, 2.05) is 0 Å². The molecule has 112 valence electrons. The van der Waals surface area contributed by atoms with Crippen LogP contribution in [0.1, 0.15) is 26.7 Å². The van der Waals surface area contributed by atoms with E-state index in [1.54, 1.807) is 7.05 Å². The predicted octanol–water partition coefficient (Wildman–Crippen LogP) is 0.965. The summed E-state index contributed by atoms with van der Waals surface area (Å²) in [6, 6.07) is 0.396. The Morgan fingerprint density at radius 3 is 2.84 bits per heavy atom. The first kappa shape index (κ1) is 17.0. The van der Waals surface area contributed by atoms with Crippen LogP contribution in [-0.2, 0) is 4.74 Å². The molecule has 3 unspecified atom stereocenters. The molecule has 3 atom stereocenters. The number of fused-ring (bicyclic) bond motifs is 1. The highest BCUT2D eigenvalue weighted by Crippen LogP contribution is 2.51. The molecule has 0 aromatic rings. The fraction of sp³-hybridized carbons (Fsp3) is 0.923. The van der Waals surface area contributed by atoms with Gasteiger partial charge in [-0.1, -0.05) is 13.8 Å². The van der Waals surface area contributed by atoms with Gasteiger partial charge in [-0.25, -0.2) is 0 Å². The van der Waals surface area contributed by atoms with Crippen LogP contribution in [0.3, 0.4) is 0 Å². The van der Waals surface area contributed by atoms with Crippen molar-refractivity contribution in [2.75, 3.05) is 26.8 Å². The van der Waals surface area contributed by atoms with Crippen LogP contribution >= 0.6 is 24.0 Å². The highest BCUT2D eigenvalue weighted by molar-refractivity contribution is 14.0. The third kappa shape index (κ3) is 3.33. The summed E-state index contributed by atoms with van der Waals surface area (Å²) >= 11 is 0. The number of nitrogens with one attached hydrogen (secondary N) is 2. The maximum absolute atomic E-state index is 8.84. The van der Waals surface area contributed by atoms with E-state index in [0.29, 0.717) is 24.6 Å². The van der Waals surface area contributed by atoms with Gasteiger partial charge < -0.3 is 20.5 Å². The van der Waals surface area contributed by atoms with E-state index >= 15 is 0 Å². The Morgan fingerprint density at radius 2 is 2.21 bits per heavy atom. The normalized spacial score (nSPS) is 32.6. The van der Waals surface area contributed by atoms with Crippen LogP contribution in [0, 0.1) is 11.3 Å².